The first-order chi connectivity index (χ1) is 19.6. The molecule has 9 nitrogen and oxygen atoms in total. The first-order valence-corrected chi connectivity index (χ1v) is 14.3. The molecule has 4 aromatic rings. The van der Waals surface area contributed by atoms with Crippen molar-refractivity contribution >= 4 is 52.2 Å². The van der Waals surface area contributed by atoms with Gasteiger partial charge in [-0.05, 0) is 56.7 Å². The van der Waals surface area contributed by atoms with Gasteiger partial charge in [0.2, 0.25) is 0 Å². The molecule has 0 N–H and O–H groups in total. The van der Waals surface area contributed by atoms with Crippen LogP contribution in [-0.2, 0) is 4.79 Å². The Morgan fingerprint density at radius 2 is 1.85 bits per heavy atom. The molecular weight excluding hydrogens is 587 g/mol. The number of carbonyl (C=O) groups is 1. The number of rotatable bonds is 7. The number of nitrogens with zero attached hydrogens (tertiary/aromatic N) is 4. The highest BCUT2D eigenvalue weighted by Crippen LogP contribution is 2.34. The van der Waals surface area contributed by atoms with E-state index in [1.807, 2.05) is 13.8 Å². The molecule has 1 amide bonds. The standard InChI is InChI=1S/C29H24Cl2N4O5S/c1-4-33(5-2)28(37)25-16(3)32-29-34(26(25)17-6-8-18(30)9-7-17)27(36)24(41-29)15-20-11-13-23(40-20)21-14-19(35(38)39)10-12-22(21)31/h6-15,26H,4-5H2,1-3H3/b24-15+/t26-/m1/s1. The van der Waals surface area contributed by atoms with Crippen molar-refractivity contribution in [3.63, 3.8) is 0 Å². The lowest BCUT2D eigenvalue weighted by molar-refractivity contribution is -0.384. The molecule has 0 saturated carbocycles. The van der Waals surface area contributed by atoms with Gasteiger partial charge in [-0.2, -0.15) is 0 Å². The molecule has 41 heavy (non-hydrogen) atoms. The van der Waals surface area contributed by atoms with Gasteiger partial charge < -0.3 is 9.32 Å². The summed E-state index contributed by atoms with van der Waals surface area (Å²) < 4.78 is 7.80. The SMILES string of the molecule is CCN(CC)C(=O)C1=C(C)N=c2s/c(=C/c3ccc(-c4cc([N+](=O)[O-])ccc4Cl)o3)c(=O)n2[C@@H]1c1ccc(Cl)cc1. The number of allylic oxidation sites excluding steroid dienone is 1. The molecule has 5 rings (SSSR count). The summed E-state index contributed by atoms with van der Waals surface area (Å²) in [4.78, 5) is 45.1. The van der Waals surface area contributed by atoms with Crippen molar-refractivity contribution in [2.24, 2.45) is 4.99 Å². The monoisotopic (exact) mass is 610 g/mol. The molecule has 0 saturated heterocycles. The second-order valence-electron chi connectivity index (χ2n) is 9.23. The fourth-order valence-electron chi connectivity index (χ4n) is 4.76. The van der Waals surface area contributed by atoms with Crippen LogP contribution in [0.25, 0.3) is 17.4 Å². The maximum Gasteiger partial charge on any atom is 0.271 e. The Kier molecular flexibility index (Phi) is 7.99. The molecule has 0 aliphatic carbocycles. The topological polar surface area (TPSA) is 111 Å². The lowest BCUT2D eigenvalue weighted by Gasteiger charge is -2.29. The van der Waals surface area contributed by atoms with Gasteiger partial charge in [0.15, 0.2) is 4.80 Å². The highest BCUT2D eigenvalue weighted by Gasteiger charge is 2.34. The van der Waals surface area contributed by atoms with Crippen LogP contribution >= 0.6 is 34.5 Å². The number of non-ortho nitro benzene ring substituents is 1. The van der Waals surface area contributed by atoms with Crippen molar-refractivity contribution in [1.29, 1.82) is 0 Å². The lowest BCUT2D eigenvalue weighted by Crippen LogP contribution is -2.43. The van der Waals surface area contributed by atoms with Gasteiger partial charge in [-0.15, -0.1) is 0 Å². The zero-order chi connectivity index (χ0) is 29.4. The number of carbonyl (C=O) groups excluding carboxylic acids is 1. The molecule has 1 aliphatic rings. The molecule has 0 spiro atoms. The number of aromatic nitrogens is 1. The predicted molar refractivity (Wildman–Crippen MR) is 159 cm³/mol. The van der Waals surface area contributed by atoms with Crippen LogP contribution in [0.15, 0.2) is 80.1 Å². The van der Waals surface area contributed by atoms with Crippen LogP contribution in [0.5, 0.6) is 0 Å². The maximum atomic E-state index is 13.9. The van der Waals surface area contributed by atoms with Gasteiger partial charge in [0.05, 0.1) is 31.8 Å². The predicted octanol–water partition coefficient (Wildman–Crippen LogP) is 5.58. The van der Waals surface area contributed by atoms with Crippen molar-refractivity contribution in [2.45, 2.75) is 26.8 Å². The van der Waals surface area contributed by atoms with E-state index in [1.54, 1.807) is 54.3 Å². The number of halogens is 2. The number of fused-ring (bicyclic) bond motifs is 1. The number of benzene rings is 2. The largest absolute Gasteiger partial charge is 0.457 e. The number of likely N-dealkylation sites (N-methyl/N-ethyl adjacent to an activating group) is 1. The third-order valence-electron chi connectivity index (χ3n) is 6.81. The highest BCUT2D eigenvalue weighted by atomic mass is 35.5. The average molecular weight is 612 g/mol. The summed E-state index contributed by atoms with van der Waals surface area (Å²) in [5.41, 5.74) is 1.60. The zero-order valence-corrected chi connectivity index (χ0v) is 24.6. The minimum atomic E-state index is -0.699. The third-order valence-corrected chi connectivity index (χ3v) is 8.38. The smallest absolute Gasteiger partial charge is 0.271 e. The Morgan fingerprint density at radius 1 is 1.15 bits per heavy atom. The Balaban J connectivity index is 1.63. The Bertz CT molecular complexity index is 1880. The molecule has 210 valence electrons. The van der Waals surface area contributed by atoms with Crippen molar-refractivity contribution in [3.8, 4) is 11.3 Å². The molecule has 0 unspecified atom stereocenters. The molecule has 2 aromatic carbocycles. The van der Waals surface area contributed by atoms with E-state index in [2.05, 4.69) is 4.99 Å². The fourth-order valence-corrected chi connectivity index (χ4v) is 6.12. The summed E-state index contributed by atoms with van der Waals surface area (Å²) in [6.45, 7) is 6.61. The minimum Gasteiger partial charge on any atom is -0.457 e. The van der Waals surface area contributed by atoms with Crippen LogP contribution in [0.2, 0.25) is 10.0 Å². The molecule has 1 atom stereocenters. The first-order valence-electron chi connectivity index (χ1n) is 12.7. The van der Waals surface area contributed by atoms with Gasteiger partial charge >= 0.3 is 0 Å². The van der Waals surface area contributed by atoms with E-state index in [4.69, 9.17) is 27.6 Å². The molecular formula is C29H24Cl2N4O5S. The van der Waals surface area contributed by atoms with Crippen LogP contribution in [-0.4, -0.2) is 33.4 Å². The van der Waals surface area contributed by atoms with Crippen molar-refractivity contribution in [2.75, 3.05) is 13.1 Å². The quantitative estimate of drug-likeness (QED) is 0.200. The van der Waals surface area contributed by atoms with Crippen molar-refractivity contribution < 1.29 is 14.1 Å². The maximum absolute atomic E-state index is 13.9. The minimum absolute atomic E-state index is 0.122. The summed E-state index contributed by atoms with van der Waals surface area (Å²) in [5, 5.41) is 12.1. The molecule has 0 radical (unpaired) electrons. The number of amides is 1. The van der Waals surface area contributed by atoms with E-state index in [9.17, 15) is 19.7 Å². The number of thiazole rings is 1. The van der Waals surface area contributed by atoms with Crippen molar-refractivity contribution in [1.82, 2.24) is 9.47 Å². The van der Waals surface area contributed by atoms with E-state index in [0.717, 1.165) is 5.56 Å². The van der Waals surface area contributed by atoms with E-state index in [1.165, 1.54) is 34.1 Å². The summed E-state index contributed by atoms with van der Waals surface area (Å²) in [5.74, 6) is 0.487. The lowest BCUT2D eigenvalue weighted by atomic mass is 9.94. The number of nitro groups is 1. The highest BCUT2D eigenvalue weighted by molar-refractivity contribution is 7.07. The first kappa shape index (κ1) is 28.5. The summed E-state index contributed by atoms with van der Waals surface area (Å²) in [7, 11) is 0. The van der Waals surface area contributed by atoms with Gasteiger partial charge in [0.25, 0.3) is 17.2 Å². The fraction of sp³-hybridized carbons (Fsp3) is 0.207. The van der Waals surface area contributed by atoms with Crippen LogP contribution in [0.3, 0.4) is 0 Å². The summed E-state index contributed by atoms with van der Waals surface area (Å²) in [6, 6.07) is 13.7. The van der Waals surface area contributed by atoms with Crippen LogP contribution in [0.4, 0.5) is 5.69 Å². The molecule has 12 heteroatoms. The average Bonchev–Trinajstić information content (AvgIpc) is 3.53. The zero-order valence-electron chi connectivity index (χ0n) is 22.3. The van der Waals surface area contributed by atoms with Gasteiger partial charge in [-0.25, -0.2) is 4.99 Å². The van der Waals surface area contributed by atoms with Gasteiger partial charge in [-0.1, -0.05) is 46.7 Å². The second kappa shape index (κ2) is 11.5. The van der Waals surface area contributed by atoms with E-state index >= 15 is 0 Å². The Hall–Kier alpha value is -3.99. The Labute approximate surface area is 248 Å². The number of nitro benzene ring substituents is 1. The van der Waals surface area contributed by atoms with Gasteiger partial charge in [0, 0.05) is 41.9 Å². The number of furan rings is 1. The van der Waals surface area contributed by atoms with E-state index in [0.29, 0.717) is 60.8 Å². The van der Waals surface area contributed by atoms with E-state index in [-0.39, 0.29) is 17.2 Å². The number of hydrogen-bond donors (Lipinski definition) is 0. The van der Waals surface area contributed by atoms with Gasteiger partial charge in [0.1, 0.15) is 11.5 Å². The summed E-state index contributed by atoms with van der Waals surface area (Å²) >= 11 is 13.6. The van der Waals surface area contributed by atoms with Crippen LogP contribution in [0, 0.1) is 10.1 Å². The van der Waals surface area contributed by atoms with Crippen molar-refractivity contribution in [3.05, 3.63) is 117 Å². The molecule has 0 bridgehead atoms. The third kappa shape index (κ3) is 5.38. The van der Waals surface area contributed by atoms with Crippen LogP contribution in [0.1, 0.15) is 38.1 Å². The molecule has 3 heterocycles. The number of hydrogen-bond acceptors (Lipinski definition) is 7. The molecule has 0 fully saturated rings. The summed E-state index contributed by atoms with van der Waals surface area (Å²) in [6.07, 6.45) is 1.59. The Morgan fingerprint density at radius 3 is 2.51 bits per heavy atom. The van der Waals surface area contributed by atoms with Gasteiger partial charge in [-0.3, -0.25) is 24.3 Å². The normalized spacial score (nSPS) is 15.0. The van der Waals surface area contributed by atoms with E-state index < -0.39 is 11.0 Å². The second-order valence-corrected chi connectivity index (χ2v) is 11.1. The molecule has 2 aromatic heterocycles. The molecule has 1 aliphatic heterocycles. The van der Waals surface area contributed by atoms with Crippen LogP contribution < -0.4 is 14.9 Å².